The number of benzene rings is 1. The summed E-state index contributed by atoms with van der Waals surface area (Å²) in [7, 11) is 1.21. The van der Waals surface area contributed by atoms with Gasteiger partial charge in [0.15, 0.2) is 0 Å². The molecule has 1 heterocycles. The summed E-state index contributed by atoms with van der Waals surface area (Å²) >= 11 is 0. The zero-order valence-corrected chi connectivity index (χ0v) is 17.6. The molecule has 3 atom stereocenters. The van der Waals surface area contributed by atoms with E-state index in [2.05, 4.69) is 16.0 Å². The van der Waals surface area contributed by atoms with Crippen LogP contribution in [0.15, 0.2) is 30.3 Å². The van der Waals surface area contributed by atoms with Crippen molar-refractivity contribution >= 4 is 36.2 Å². The lowest BCUT2D eigenvalue weighted by Gasteiger charge is -2.26. The highest BCUT2D eigenvalue weighted by Gasteiger charge is 2.31. The third-order valence-corrected chi connectivity index (χ3v) is 4.72. The molecular weight excluding hydrogens is 414 g/mol. The van der Waals surface area contributed by atoms with Crippen molar-refractivity contribution < 1.29 is 29.0 Å². The standard InChI is InChI=1S/C20H27N3O6.ClH/c1-29-20(28)16(11-13-7-3-2-4-8-13)23-19(27)15(12-17(24)25)22-18(26)14-9-5-6-10-21-14;/h2-4,7-8,14-16,21H,5-6,9-12H2,1H3,(H,22,26)(H,23,27)(H,24,25);1H/t14?,15-,16-;/m0./s1. The Morgan fingerprint density at radius 3 is 2.40 bits per heavy atom. The summed E-state index contributed by atoms with van der Waals surface area (Å²) in [5.74, 6) is -3.07. The number of carbonyl (C=O) groups is 4. The first-order chi connectivity index (χ1) is 13.9. The first-order valence-electron chi connectivity index (χ1n) is 9.58. The molecule has 1 aliphatic rings. The zero-order chi connectivity index (χ0) is 21.2. The summed E-state index contributed by atoms with van der Waals surface area (Å²) in [5, 5.41) is 17.2. The van der Waals surface area contributed by atoms with Gasteiger partial charge in [0.1, 0.15) is 12.1 Å². The predicted molar refractivity (Wildman–Crippen MR) is 111 cm³/mol. The van der Waals surface area contributed by atoms with Crippen LogP contribution in [0.2, 0.25) is 0 Å². The van der Waals surface area contributed by atoms with Crippen molar-refractivity contribution in [1.29, 1.82) is 0 Å². The van der Waals surface area contributed by atoms with Crippen molar-refractivity contribution in [3.05, 3.63) is 35.9 Å². The minimum absolute atomic E-state index is 0. The molecule has 0 aromatic heterocycles. The number of hydrogen-bond donors (Lipinski definition) is 4. The summed E-state index contributed by atoms with van der Waals surface area (Å²) in [5.41, 5.74) is 0.799. The van der Waals surface area contributed by atoms with Crippen LogP contribution in [0.1, 0.15) is 31.2 Å². The van der Waals surface area contributed by atoms with E-state index >= 15 is 0 Å². The average Bonchev–Trinajstić information content (AvgIpc) is 2.73. The van der Waals surface area contributed by atoms with E-state index in [0.29, 0.717) is 13.0 Å². The number of hydrogen-bond acceptors (Lipinski definition) is 6. The Hall–Kier alpha value is -2.65. The van der Waals surface area contributed by atoms with E-state index in [1.165, 1.54) is 7.11 Å². The molecule has 2 rings (SSSR count). The Morgan fingerprint density at radius 1 is 1.13 bits per heavy atom. The molecule has 4 N–H and O–H groups in total. The molecule has 9 nitrogen and oxygen atoms in total. The third-order valence-electron chi connectivity index (χ3n) is 4.72. The molecule has 2 amide bonds. The number of methoxy groups -OCH3 is 1. The molecule has 1 saturated heterocycles. The fraction of sp³-hybridized carbons (Fsp3) is 0.500. The van der Waals surface area contributed by atoms with Gasteiger partial charge in [-0.2, -0.15) is 0 Å². The Kier molecular flexibility index (Phi) is 10.8. The predicted octanol–water partition coefficient (Wildman–Crippen LogP) is 0.410. The molecule has 10 heteroatoms. The first-order valence-corrected chi connectivity index (χ1v) is 9.58. The number of aliphatic carboxylic acids is 1. The van der Waals surface area contributed by atoms with E-state index in [4.69, 9.17) is 9.84 Å². The van der Waals surface area contributed by atoms with E-state index in [9.17, 15) is 19.2 Å². The second-order valence-electron chi connectivity index (χ2n) is 6.94. The van der Waals surface area contributed by atoms with Crippen LogP contribution < -0.4 is 16.0 Å². The fourth-order valence-electron chi connectivity index (χ4n) is 3.19. The van der Waals surface area contributed by atoms with Gasteiger partial charge in [-0.15, -0.1) is 12.4 Å². The van der Waals surface area contributed by atoms with Crippen LogP contribution >= 0.6 is 12.4 Å². The van der Waals surface area contributed by atoms with Gasteiger partial charge in [0.2, 0.25) is 11.8 Å². The molecular formula is C20H28ClN3O6. The lowest BCUT2D eigenvalue weighted by Crippen LogP contribution is -2.56. The normalized spacial score (nSPS) is 17.6. The molecule has 1 unspecified atom stereocenters. The quantitative estimate of drug-likeness (QED) is 0.408. The summed E-state index contributed by atoms with van der Waals surface area (Å²) < 4.78 is 4.76. The number of halogens is 1. The van der Waals surface area contributed by atoms with Crippen molar-refractivity contribution in [2.45, 2.75) is 50.2 Å². The van der Waals surface area contributed by atoms with Crippen LogP contribution in [0.3, 0.4) is 0 Å². The third kappa shape index (κ3) is 8.00. The number of carboxylic acids is 1. The van der Waals surface area contributed by atoms with Gasteiger partial charge in [-0.25, -0.2) is 4.79 Å². The molecule has 0 radical (unpaired) electrons. The molecule has 1 aromatic carbocycles. The van der Waals surface area contributed by atoms with Crippen LogP contribution in [0, 0.1) is 0 Å². The average molecular weight is 442 g/mol. The molecule has 166 valence electrons. The van der Waals surface area contributed by atoms with Crippen molar-refractivity contribution in [3.8, 4) is 0 Å². The van der Waals surface area contributed by atoms with Gasteiger partial charge < -0.3 is 25.8 Å². The van der Waals surface area contributed by atoms with Gasteiger partial charge in [-0.05, 0) is 24.9 Å². The van der Waals surface area contributed by atoms with Crippen LogP contribution in [-0.2, 0) is 30.3 Å². The summed E-state index contributed by atoms with van der Waals surface area (Å²) in [6, 6.07) is 6.26. The maximum absolute atomic E-state index is 12.7. The van der Waals surface area contributed by atoms with Gasteiger partial charge >= 0.3 is 11.9 Å². The van der Waals surface area contributed by atoms with Crippen molar-refractivity contribution in [3.63, 3.8) is 0 Å². The van der Waals surface area contributed by atoms with E-state index < -0.39 is 48.3 Å². The van der Waals surface area contributed by atoms with Crippen LogP contribution in [0.25, 0.3) is 0 Å². The molecule has 0 aliphatic carbocycles. The van der Waals surface area contributed by atoms with Crippen LogP contribution in [0.4, 0.5) is 0 Å². The molecule has 1 aromatic rings. The SMILES string of the molecule is COC(=O)[C@H](Cc1ccccc1)NC(=O)[C@H](CC(=O)O)NC(=O)C1CCCCN1.Cl. The fourth-order valence-corrected chi connectivity index (χ4v) is 3.19. The van der Waals surface area contributed by atoms with Crippen LogP contribution in [-0.4, -0.2) is 60.6 Å². The van der Waals surface area contributed by atoms with E-state index in [1.54, 1.807) is 24.3 Å². The number of carbonyl (C=O) groups excluding carboxylic acids is 3. The minimum Gasteiger partial charge on any atom is -0.481 e. The Labute approximate surface area is 181 Å². The summed E-state index contributed by atoms with van der Waals surface area (Å²) in [6.07, 6.45) is 2.04. The molecule has 1 aliphatic heterocycles. The molecule has 0 saturated carbocycles. The summed E-state index contributed by atoms with van der Waals surface area (Å²) in [4.78, 5) is 48.4. The van der Waals surface area contributed by atoms with Gasteiger partial charge in [0.25, 0.3) is 0 Å². The van der Waals surface area contributed by atoms with Crippen molar-refractivity contribution in [2.24, 2.45) is 0 Å². The van der Waals surface area contributed by atoms with Crippen molar-refractivity contribution in [2.75, 3.05) is 13.7 Å². The molecule has 0 bridgehead atoms. The Morgan fingerprint density at radius 2 is 1.83 bits per heavy atom. The number of rotatable bonds is 9. The Balaban J connectivity index is 0.00000450. The number of piperidine rings is 1. The maximum atomic E-state index is 12.7. The molecule has 30 heavy (non-hydrogen) atoms. The first kappa shape index (κ1) is 25.4. The highest BCUT2D eigenvalue weighted by atomic mass is 35.5. The van der Waals surface area contributed by atoms with Crippen LogP contribution in [0.5, 0.6) is 0 Å². The smallest absolute Gasteiger partial charge is 0.328 e. The second kappa shape index (κ2) is 12.8. The Bertz CT molecular complexity index is 725. The van der Waals surface area contributed by atoms with E-state index in [0.717, 1.165) is 18.4 Å². The number of amides is 2. The van der Waals surface area contributed by atoms with Gasteiger partial charge in [0.05, 0.1) is 19.6 Å². The highest BCUT2D eigenvalue weighted by Crippen LogP contribution is 2.09. The van der Waals surface area contributed by atoms with Gasteiger partial charge in [0, 0.05) is 6.42 Å². The van der Waals surface area contributed by atoms with Gasteiger partial charge in [-0.3, -0.25) is 14.4 Å². The number of nitrogens with one attached hydrogen (secondary N) is 3. The minimum atomic E-state index is -1.30. The zero-order valence-electron chi connectivity index (χ0n) is 16.8. The van der Waals surface area contributed by atoms with E-state index in [-0.39, 0.29) is 18.8 Å². The molecule has 0 spiro atoms. The topological polar surface area (TPSA) is 134 Å². The molecule has 1 fully saturated rings. The second-order valence-corrected chi connectivity index (χ2v) is 6.94. The lowest BCUT2D eigenvalue weighted by molar-refractivity contribution is -0.145. The highest BCUT2D eigenvalue weighted by molar-refractivity contribution is 5.94. The number of carboxylic acid groups (broad SMARTS) is 1. The summed E-state index contributed by atoms with van der Waals surface area (Å²) in [6.45, 7) is 0.690. The maximum Gasteiger partial charge on any atom is 0.328 e. The monoisotopic (exact) mass is 441 g/mol. The van der Waals surface area contributed by atoms with Gasteiger partial charge in [-0.1, -0.05) is 36.8 Å². The van der Waals surface area contributed by atoms with Crippen molar-refractivity contribution in [1.82, 2.24) is 16.0 Å². The number of ether oxygens (including phenoxy) is 1. The van der Waals surface area contributed by atoms with E-state index in [1.807, 2.05) is 6.07 Å². The largest absolute Gasteiger partial charge is 0.481 e. The number of esters is 1. The lowest BCUT2D eigenvalue weighted by atomic mass is 10.0.